The number of aliphatic hydroxyl groups excluding tert-OH is 1. The summed E-state index contributed by atoms with van der Waals surface area (Å²) in [6, 6.07) is 17.7. The summed E-state index contributed by atoms with van der Waals surface area (Å²) < 4.78 is 11.1. The average Bonchev–Trinajstić information content (AvgIpc) is 2.54. The van der Waals surface area contributed by atoms with Crippen molar-refractivity contribution in [1.82, 2.24) is 0 Å². The van der Waals surface area contributed by atoms with Gasteiger partial charge in [0.25, 0.3) is 0 Å². The maximum Gasteiger partial charge on any atom is 0.121 e. The van der Waals surface area contributed by atoms with E-state index >= 15 is 0 Å². The summed E-state index contributed by atoms with van der Waals surface area (Å²) in [6.45, 7) is 0.960. The molecule has 0 fully saturated rings. The van der Waals surface area contributed by atoms with Crippen LogP contribution >= 0.6 is 0 Å². The van der Waals surface area contributed by atoms with E-state index in [0.29, 0.717) is 6.61 Å². The van der Waals surface area contributed by atoms with Crippen molar-refractivity contribution in [2.45, 2.75) is 12.7 Å². The Balaban J connectivity index is 1.71. The first-order valence-corrected chi connectivity index (χ1v) is 7.35. The first kappa shape index (κ1) is 16.3. The lowest BCUT2D eigenvalue weighted by Crippen LogP contribution is -2.23. The van der Waals surface area contributed by atoms with Crippen molar-refractivity contribution in [3.05, 3.63) is 60.2 Å². The number of rotatable bonds is 8. The molecule has 0 radical (unpaired) electrons. The first-order valence-electron chi connectivity index (χ1n) is 7.35. The maximum absolute atomic E-state index is 9.91. The zero-order valence-electron chi connectivity index (χ0n) is 13.1. The SMILES string of the molecule is CN(C)c1cccc(OCC(O)COCc2ccccc2)c1. The van der Waals surface area contributed by atoms with Gasteiger partial charge in [0.05, 0.1) is 13.2 Å². The summed E-state index contributed by atoms with van der Waals surface area (Å²) in [5.74, 6) is 0.744. The first-order chi connectivity index (χ1) is 10.6. The van der Waals surface area contributed by atoms with Crippen molar-refractivity contribution in [1.29, 1.82) is 0 Å². The van der Waals surface area contributed by atoms with Crippen molar-refractivity contribution in [2.75, 3.05) is 32.2 Å². The highest BCUT2D eigenvalue weighted by Crippen LogP contribution is 2.19. The summed E-state index contributed by atoms with van der Waals surface area (Å²) in [5, 5.41) is 9.91. The minimum atomic E-state index is -0.647. The van der Waals surface area contributed by atoms with Gasteiger partial charge in [-0.3, -0.25) is 0 Å². The van der Waals surface area contributed by atoms with Crippen LogP contribution in [0, 0.1) is 0 Å². The molecule has 4 nitrogen and oxygen atoms in total. The molecule has 0 aliphatic carbocycles. The monoisotopic (exact) mass is 301 g/mol. The molecule has 2 rings (SSSR count). The number of aliphatic hydroxyl groups is 1. The molecule has 0 bridgehead atoms. The van der Waals surface area contributed by atoms with Crippen LogP contribution in [0.2, 0.25) is 0 Å². The van der Waals surface area contributed by atoms with Crippen LogP contribution in [0.15, 0.2) is 54.6 Å². The topological polar surface area (TPSA) is 41.9 Å². The summed E-state index contributed by atoms with van der Waals surface area (Å²) in [5.41, 5.74) is 2.15. The second-order valence-electron chi connectivity index (χ2n) is 5.36. The molecule has 2 aromatic rings. The molecular formula is C18H23NO3. The van der Waals surface area contributed by atoms with Gasteiger partial charge in [-0.2, -0.15) is 0 Å². The van der Waals surface area contributed by atoms with Gasteiger partial charge in [-0.1, -0.05) is 36.4 Å². The highest BCUT2D eigenvalue weighted by Gasteiger charge is 2.06. The van der Waals surface area contributed by atoms with Gasteiger partial charge >= 0.3 is 0 Å². The summed E-state index contributed by atoms with van der Waals surface area (Å²) in [4.78, 5) is 2.01. The van der Waals surface area contributed by atoms with Gasteiger partial charge in [0.15, 0.2) is 0 Å². The van der Waals surface area contributed by atoms with Crippen LogP contribution in [-0.4, -0.2) is 38.5 Å². The van der Waals surface area contributed by atoms with E-state index in [1.54, 1.807) is 0 Å². The molecule has 1 unspecified atom stereocenters. The van der Waals surface area contributed by atoms with E-state index in [1.165, 1.54) is 0 Å². The Hall–Kier alpha value is -2.04. The van der Waals surface area contributed by atoms with E-state index in [-0.39, 0.29) is 13.2 Å². The van der Waals surface area contributed by atoms with Crippen LogP contribution < -0.4 is 9.64 Å². The van der Waals surface area contributed by atoms with Gasteiger partial charge in [0.2, 0.25) is 0 Å². The number of hydrogen-bond acceptors (Lipinski definition) is 4. The Labute approximate surface area is 131 Å². The fourth-order valence-corrected chi connectivity index (χ4v) is 1.98. The van der Waals surface area contributed by atoms with E-state index < -0.39 is 6.10 Å². The molecule has 0 saturated carbocycles. The van der Waals surface area contributed by atoms with E-state index in [1.807, 2.05) is 73.6 Å². The van der Waals surface area contributed by atoms with Gasteiger partial charge in [0, 0.05) is 25.8 Å². The van der Waals surface area contributed by atoms with Crippen molar-refractivity contribution in [3.63, 3.8) is 0 Å². The van der Waals surface area contributed by atoms with Gasteiger partial charge in [0.1, 0.15) is 18.5 Å². The minimum absolute atomic E-state index is 0.214. The lowest BCUT2D eigenvalue weighted by atomic mass is 10.2. The Bertz CT molecular complexity index is 557. The fourth-order valence-electron chi connectivity index (χ4n) is 1.98. The largest absolute Gasteiger partial charge is 0.491 e. The minimum Gasteiger partial charge on any atom is -0.491 e. The van der Waals surface area contributed by atoms with Gasteiger partial charge in [-0.15, -0.1) is 0 Å². The summed E-state index contributed by atoms with van der Waals surface area (Å²) in [7, 11) is 3.96. The van der Waals surface area contributed by atoms with Crippen molar-refractivity contribution in [3.8, 4) is 5.75 Å². The van der Waals surface area contributed by atoms with Gasteiger partial charge in [-0.25, -0.2) is 0 Å². The lowest BCUT2D eigenvalue weighted by Gasteiger charge is -2.16. The third-order valence-corrected chi connectivity index (χ3v) is 3.20. The number of ether oxygens (including phenoxy) is 2. The fraction of sp³-hybridized carbons (Fsp3) is 0.333. The third kappa shape index (κ3) is 5.39. The smallest absolute Gasteiger partial charge is 0.121 e. The van der Waals surface area contributed by atoms with E-state index in [9.17, 15) is 5.11 Å². The van der Waals surface area contributed by atoms with Crippen molar-refractivity contribution >= 4 is 5.69 Å². The summed E-state index contributed by atoms with van der Waals surface area (Å²) in [6.07, 6.45) is -0.647. The maximum atomic E-state index is 9.91. The van der Waals surface area contributed by atoms with Gasteiger partial charge < -0.3 is 19.5 Å². The van der Waals surface area contributed by atoms with Crippen LogP contribution in [0.5, 0.6) is 5.75 Å². The number of benzene rings is 2. The molecule has 0 heterocycles. The molecule has 1 N–H and O–H groups in total. The van der Waals surface area contributed by atoms with Crippen LogP contribution in [-0.2, 0) is 11.3 Å². The zero-order chi connectivity index (χ0) is 15.8. The molecular weight excluding hydrogens is 278 g/mol. The standard InChI is InChI=1S/C18H23NO3/c1-19(2)16-9-6-10-18(11-16)22-14-17(20)13-21-12-15-7-4-3-5-8-15/h3-11,17,20H,12-14H2,1-2H3. The van der Waals surface area contributed by atoms with Crippen LogP contribution in [0.1, 0.15) is 5.56 Å². The molecule has 0 aliphatic heterocycles. The highest BCUT2D eigenvalue weighted by molar-refractivity contribution is 5.49. The molecule has 118 valence electrons. The molecule has 0 aromatic heterocycles. The quantitative estimate of drug-likeness (QED) is 0.814. The molecule has 0 saturated heterocycles. The van der Waals surface area contributed by atoms with E-state index in [0.717, 1.165) is 17.0 Å². The third-order valence-electron chi connectivity index (χ3n) is 3.20. The Morgan fingerprint density at radius 2 is 1.77 bits per heavy atom. The molecule has 0 amide bonds. The highest BCUT2D eigenvalue weighted by atomic mass is 16.5. The second kappa shape index (κ2) is 8.41. The van der Waals surface area contributed by atoms with Crippen LogP contribution in [0.3, 0.4) is 0 Å². The molecule has 0 aliphatic rings. The number of hydrogen-bond donors (Lipinski definition) is 1. The van der Waals surface area contributed by atoms with Crippen molar-refractivity contribution in [2.24, 2.45) is 0 Å². The average molecular weight is 301 g/mol. The van der Waals surface area contributed by atoms with E-state index in [4.69, 9.17) is 9.47 Å². The molecule has 2 aromatic carbocycles. The van der Waals surface area contributed by atoms with E-state index in [2.05, 4.69) is 0 Å². The Morgan fingerprint density at radius 3 is 2.50 bits per heavy atom. The van der Waals surface area contributed by atoms with Crippen LogP contribution in [0.4, 0.5) is 5.69 Å². The summed E-state index contributed by atoms with van der Waals surface area (Å²) >= 11 is 0. The Morgan fingerprint density at radius 1 is 1.00 bits per heavy atom. The zero-order valence-corrected chi connectivity index (χ0v) is 13.1. The molecule has 0 spiro atoms. The predicted molar refractivity (Wildman–Crippen MR) is 88.4 cm³/mol. The van der Waals surface area contributed by atoms with Crippen LogP contribution in [0.25, 0.3) is 0 Å². The van der Waals surface area contributed by atoms with Gasteiger partial charge in [-0.05, 0) is 17.7 Å². The Kier molecular flexibility index (Phi) is 6.25. The lowest BCUT2D eigenvalue weighted by molar-refractivity contribution is 0.00550. The molecule has 22 heavy (non-hydrogen) atoms. The predicted octanol–water partition coefficient (Wildman–Crippen LogP) is 2.71. The normalized spacial score (nSPS) is 12.0. The number of nitrogens with zero attached hydrogens (tertiary/aromatic N) is 1. The molecule has 4 heteroatoms. The molecule has 1 atom stereocenters. The number of anilines is 1. The second-order valence-corrected chi connectivity index (χ2v) is 5.36. The van der Waals surface area contributed by atoms with Crippen molar-refractivity contribution < 1.29 is 14.6 Å².